The number of allylic oxidation sites excluding steroid dienone is 1. The van der Waals surface area contributed by atoms with Crippen LogP contribution in [0.2, 0.25) is 5.02 Å². The molecule has 0 unspecified atom stereocenters. The van der Waals surface area contributed by atoms with Crippen molar-refractivity contribution in [1.29, 1.82) is 5.26 Å². The molecule has 0 saturated carbocycles. The van der Waals surface area contributed by atoms with Crippen LogP contribution in [0.3, 0.4) is 0 Å². The Morgan fingerprint density at radius 2 is 1.78 bits per heavy atom. The van der Waals surface area contributed by atoms with Crippen molar-refractivity contribution in [1.82, 2.24) is 0 Å². The van der Waals surface area contributed by atoms with Crippen LogP contribution in [0.1, 0.15) is 24.2 Å². The predicted molar refractivity (Wildman–Crippen MR) is 89.3 cm³/mol. The summed E-state index contributed by atoms with van der Waals surface area (Å²) in [6, 6.07) is 17.4. The van der Waals surface area contributed by atoms with Gasteiger partial charge in [-0.15, -0.1) is 0 Å². The Balaban J connectivity index is 2.08. The second-order valence-corrected chi connectivity index (χ2v) is 5.95. The van der Waals surface area contributed by atoms with Crippen molar-refractivity contribution in [3.63, 3.8) is 0 Å². The third-order valence-electron chi connectivity index (χ3n) is 4.07. The molecule has 0 saturated heterocycles. The van der Waals surface area contributed by atoms with E-state index in [4.69, 9.17) is 21.1 Å². The smallest absolute Gasteiger partial charge is 0.150 e. The molecule has 0 radical (unpaired) electrons. The Bertz CT molecular complexity index is 775. The maximum absolute atomic E-state index is 9.96. The fourth-order valence-electron chi connectivity index (χ4n) is 2.93. The van der Waals surface area contributed by atoms with E-state index in [0.29, 0.717) is 5.02 Å². The van der Waals surface area contributed by atoms with Gasteiger partial charge in [-0.25, -0.2) is 0 Å². The van der Waals surface area contributed by atoms with Gasteiger partial charge in [0.25, 0.3) is 0 Å². The van der Waals surface area contributed by atoms with Crippen LogP contribution in [-0.4, -0.2) is 7.11 Å². The maximum Gasteiger partial charge on any atom is 0.150 e. The molecule has 3 nitrogen and oxygen atoms in total. The highest BCUT2D eigenvalue weighted by molar-refractivity contribution is 6.30. The summed E-state index contributed by atoms with van der Waals surface area (Å²) >= 11 is 5.98. The van der Waals surface area contributed by atoms with Gasteiger partial charge in [0, 0.05) is 5.02 Å². The Labute approximate surface area is 140 Å². The van der Waals surface area contributed by atoms with Crippen molar-refractivity contribution in [2.45, 2.75) is 18.4 Å². The summed E-state index contributed by atoms with van der Waals surface area (Å²) < 4.78 is 11.2. The standard InChI is InChI=1S/C19H16ClNO2/c1-13-11-19(12-21,15-5-7-16(20)8-6-15)18(23-13)14-3-9-17(22-2)10-4-14/h3-11,18H,1-2H3/t18-,19+/m1/s1. The van der Waals surface area contributed by atoms with Crippen molar-refractivity contribution < 1.29 is 9.47 Å². The van der Waals surface area contributed by atoms with E-state index in [-0.39, 0.29) is 0 Å². The highest BCUT2D eigenvalue weighted by Crippen LogP contribution is 2.47. The highest BCUT2D eigenvalue weighted by Gasteiger charge is 2.46. The van der Waals surface area contributed by atoms with Crippen LogP contribution in [0.15, 0.2) is 60.4 Å². The molecule has 1 aliphatic heterocycles. The van der Waals surface area contributed by atoms with Crippen molar-refractivity contribution in [2.75, 3.05) is 7.11 Å². The lowest BCUT2D eigenvalue weighted by Gasteiger charge is -2.27. The minimum atomic E-state index is -0.872. The molecular weight excluding hydrogens is 310 g/mol. The molecule has 0 N–H and O–H groups in total. The van der Waals surface area contributed by atoms with E-state index in [2.05, 4.69) is 6.07 Å². The zero-order chi connectivity index (χ0) is 16.4. The number of nitriles is 1. The number of benzene rings is 2. The summed E-state index contributed by atoms with van der Waals surface area (Å²) in [7, 11) is 1.63. The van der Waals surface area contributed by atoms with Crippen LogP contribution < -0.4 is 4.74 Å². The Morgan fingerprint density at radius 3 is 2.35 bits per heavy atom. The van der Waals surface area contributed by atoms with Gasteiger partial charge in [0.2, 0.25) is 0 Å². The topological polar surface area (TPSA) is 42.2 Å². The highest BCUT2D eigenvalue weighted by atomic mass is 35.5. The minimum Gasteiger partial charge on any atom is -0.497 e. The lowest BCUT2D eigenvalue weighted by Crippen LogP contribution is -2.27. The van der Waals surface area contributed by atoms with E-state index < -0.39 is 11.5 Å². The van der Waals surface area contributed by atoms with Crippen molar-refractivity contribution in [2.24, 2.45) is 0 Å². The van der Waals surface area contributed by atoms with Gasteiger partial charge < -0.3 is 9.47 Å². The first-order valence-corrected chi connectivity index (χ1v) is 7.64. The summed E-state index contributed by atoms with van der Waals surface area (Å²) in [5.41, 5.74) is 0.918. The number of methoxy groups -OCH3 is 1. The third kappa shape index (κ3) is 2.67. The Morgan fingerprint density at radius 1 is 1.13 bits per heavy atom. The van der Waals surface area contributed by atoms with Gasteiger partial charge in [0.15, 0.2) is 0 Å². The molecule has 0 fully saturated rings. The summed E-state index contributed by atoms with van der Waals surface area (Å²) in [5, 5.41) is 10.6. The molecule has 3 rings (SSSR count). The molecule has 4 heteroatoms. The molecule has 23 heavy (non-hydrogen) atoms. The zero-order valence-electron chi connectivity index (χ0n) is 12.9. The van der Waals surface area contributed by atoms with Gasteiger partial charge in [-0.1, -0.05) is 35.9 Å². The summed E-state index contributed by atoms with van der Waals surface area (Å²) in [5.74, 6) is 1.51. The molecule has 2 atom stereocenters. The lowest BCUT2D eigenvalue weighted by molar-refractivity contribution is 0.115. The molecular formula is C19H16ClNO2. The number of hydrogen-bond donors (Lipinski definition) is 0. The maximum atomic E-state index is 9.96. The summed E-state index contributed by atoms with van der Waals surface area (Å²) in [6.07, 6.45) is 1.48. The Kier molecular flexibility index (Phi) is 4.02. The van der Waals surface area contributed by atoms with E-state index in [1.807, 2.05) is 49.4 Å². The van der Waals surface area contributed by atoms with Crippen LogP contribution in [0, 0.1) is 11.3 Å². The SMILES string of the molecule is COc1ccc([C@H]2OC(C)=C[C@]2(C#N)c2ccc(Cl)cc2)cc1. The van der Waals surface area contributed by atoms with Crippen LogP contribution in [0.5, 0.6) is 5.75 Å². The first-order chi connectivity index (χ1) is 11.1. The van der Waals surface area contributed by atoms with E-state index in [1.165, 1.54) is 0 Å². The average Bonchev–Trinajstić information content (AvgIpc) is 2.93. The van der Waals surface area contributed by atoms with E-state index >= 15 is 0 Å². The van der Waals surface area contributed by atoms with Crippen molar-refractivity contribution in [3.05, 3.63) is 76.5 Å². The number of hydrogen-bond acceptors (Lipinski definition) is 3. The fraction of sp³-hybridized carbons (Fsp3) is 0.211. The van der Waals surface area contributed by atoms with Gasteiger partial charge in [-0.05, 0) is 48.4 Å². The number of rotatable bonds is 3. The average molecular weight is 326 g/mol. The second kappa shape index (κ2) is 5.98. The Hall–Kier alpha value is -2.44. The minimum absolute atomic E-state index is 0.403. The number of halogens is 1. The lowest BCUT2D eigenvalue weighted by atomic mass is 9.75. The molecule has 1 aliphatic rings. The molecule has 0 spiro atoms. The van der Waals surface area contributed by atoms with Crippen LogP contribution >= 0.6 is 11.6 Å². The van der Waals surface area contributed by atoms with E-state index in [1.54, 1.807) is 19.2 Å². The third-order valence-corrected chi connectivity index (χ3v) is 4.33. The molecule has 2 aromatic rings. The quantitative estimate of drug-likeness (QED) is 0.815. The largest absolute Gasteiger partial charge is 0.497 e. The van der Waals surface area contributed by atoms with Crippen LogP contribution in [0.25, 0.3) is 0 Å². The molecule has 0 amide bonds. The van der Waals surface area contributed by atoms with Crippen molar-refractivity contribution in [3.8, 4) is 11.8 Å². The van der Waals surface area contributed by atoms with E-state index in [0.717, 1.165) is 22.6 Å². The zero-order valence-corrected chi connectivity index (χ0v) is 13.7. The normalized spacial score (nSPS) is 22.9. The monoisotopic (exact) mass is 325 g/mol. The van der Waals surface area contributed by atoms with Gasteiger partial charge in [-0.2, -0.15) is 5.26 Å². The number of ether oxygens (including phenoxy) is 2. The molecule has 0 bridgehead atoms. The molecule has 116 valence electrons. The van der Waals surface area contributed by atoms with Gasteiger partial charge >= 0.3 is 0 Å². The van der Waals surface area contributed by atoms with Gasteiger partial charge in [0.1, 0.15) is 17.3 Å². The summed E-state index contributed by atoms with van der Waals surface area (Å²) in [4.78, 5) is 0. The fourth-order valence-corrected chi connectivity index (χ4v) is 3.06. The number of nitrogens with zero attached hydrogens (tertiary/aromatic N) is 1. The van der Waals surface area contributed by atoms with Crippen molar-refractivity contribution >= 4 is 11.6 Å². The molecule has 2 aromatic carbocycles. The first-order valence-electron chi connectivity index (χ1n) is 7.26. The first kappa shape index (κ1) is 15.5. The molecule has 1 heterocycles. The predicted octanol–water partition coefficient (Wildman–Crippen LogP) is 4.79. The molecule has 0 aromatic heterocycles. The molecule has 0 aliphatic carbocycles. The van der Waals surface area contributed by atoms with Gasteiger partial charge in [-0.3, -0.25) is 0 Å². The second-order valence-electron chi connectivity index (χ2n) is 5.51. The van der Waals surface area contributed by atoms with Crippen LogP contribution in [0.4, 0.5) is 0 Å². The van der Waals surface area contributed by atoms with Crippen LogP contribution in [-0.2, 0) is 10.2 Å². The van der Waals surface area contributed by atoms with E-state index in [9.17, 15) is 5.26 Å². The summed E-state index contributed by atoms with van der Waals surface area (Å²) in [6.45, 7) is 1.87. The van der Waals surface area contributed by atoms with Gasteiger partial charge in [0.05, 0.1) is 18.9 Å².